The summed E-state index contributed by atoms with van der Waals surface area (Å²) >= 11 is 0. The summed E-state index contributed by atoms with van der Waals surface area (Å²) in [6, 6.07) is 26.0. The SMILES string of the molecule is CCCCC(=O)C(C)(C)COC(c1ccccc1)(c1ccc(OC)cc1)c1ccc(OC)cc1. The molecule has 0 amide bonds. The van der Waals surface area contributed by atoms with E-state index < -0.39 is 11.0 Å². The average molecular weight is 461 g/mol. The molecule has 0 aromatic heterocycles. The van der Waals surface area contributed by atoms with Crippen LogP contribution in [0, 0.1) is 5.41 Å². The Hall–Kier alpha value is -3.11. The van der Waals surface area contributed by atoms with Gasteiger partial charge in [0, 0.05) is 11.8 Å². The van der Waals surface area contributed by atoms with Crippen molar-refractivity contribution in [2.24, 2.45) is 5.41 Å². The van der Waals surface area contributed by atoms with Gasteiger partial charge >= 0.3 is 0 Å². The van der Waals surface area contributed by atoms with Crippen LogP contribution in [0.1, 0.15) is 56.7 Å². The van der Waals surface area contributed by atoms with Crippen LogP contribution in [0.5, 0.6) is 11.5 Å². The number of unbranched alkanes of at least 4 members (excludes halogenated alkanes) is 1. The van der Waals surface area contributed by atoms with Gasteiger partial charge in [0.15, 0.2) is 0 Å². The summed E-state index contributed by atoms with van der Waals surface area (Å²) in [6.45, 7) is 6.33. The molecule has 0 atom stereocenters. The molecule has 0 radical (unpaired) electrons. The zero-order chi connectivity index (χ0) is 24.6. The smallest absolute Gasteiger partial charge is 0.143 e. The molecule has 0 aliphatic rings. The lowest BCUT2D eigenvalue weighted by molar-refractivity contribution is -0.133. The van der Waals surface area contributed by atoms with E-state index in [9.17, 15) is 4.79 Å². The van der Waals surface area contributed by atoms with Crippen LogP contribution >= 0.6 is 0 Å². The van der Waals surface area contributed by atoms with Gasteiger partial charge in [-0.2, -0.15) is 0 Å². The maximum Gasteiger partial charge on any atom is 0.143 e. The Bertz CT molecular complexity index is 990. The molecule has 3 rings (SSSR count). The Morgan fingerprint density at radius 3 is 1.65 bits per heavy atom. The Morgan fingerprint density at radius 2 is 1.21 bits per heavy atom. The van der Waals surface area contributed by atoms with Crippen molar-refractivity contribution >= 4 is 5.78 Å². The molecule has 3 aromatic carbocycles. The monoisotopic (exact) mass is 460 g/mol. The van der Waals surface area contributed by atoms with Crippen LogP contribution in [0.3, 0.4) is 0 Å². The molecule has 0 aliphatic heterocycles. The maximum absolute atomic E-state index is 13.0. The van der Waals surface area contributed by atoms with E-state index >= 15 is 0 Å². The van der Waals surface area contributed by atoms with E-state index in [1.807, 2.05) is 80.6 Å². The highest BCUT2D eigenvalue weighted by Gasteiger charge is 2.40. The Morgan fingerprint density at radius 1 is 0.735 bits per heavy atom. The van der Waals surface area contributed by atoms with E-state index in [0.29, 0.717) is 6.42 Å². The molecule has 0 bridgehead atoms. The van der Waals surface area contributed by atoms with Gasteiger partial charge in [0.05, 0.1) is 20.8 Å². The first kappa shape index (κ1) is 25.5. The summed E-state index contributed by atoms with van der Waals surface area (Å²) in [5.41, 5.74) is 1.38. The van der Waals surface area contributed by atoms with Gasteiger partial charge in [-0.3, -0.25) is 4.79 Å². The van der Waals surface area contributed by atoms with E-state index in [1.165, 1.54) is 0 Å². The highest BCUT2D eigenvalue weighted by molar-refractivity contribution is 5.84. The molecule has 4 nitrogen and oxygen atoms in total. The predicted octanol–water partition coefficient (Wildman–Crippen LogP) is 6.80. The third-order valence-electron chi connectivity index (χ3n) is 6.34. The van der Waals surface area contributed by atoms with Crippen LogP contribution in [0.2, 0.25) is 0 Å². The van der Waals surface area contributed by atoms with Crippen molar-refractivity contribution in [1.29, 1.82) is 0 Å². The summed E-state index contributed by atoms with van der Waals surface area (Å²) in [5, 5.41) is 0. The van der Waals surface area contributed by atoms with Gasteiger partial charge in [-0.15, -0.1) is 0 Å². The second-order valence-electron chi connectivity index (χ2n) is 9.20. The maximum atomic E-state index is 13.0. The van der Waals surface area contributed by atoms with E-state index in [4.69, 9.17) is 14.2 Å². The van der Waals surface area contributed by atoms with Crippen LogP contribution in [-0.2, 0) is 15.1 Å². The zero-order valence-electron chi connectivity index (χ0n) is 21.0. The minimum Gasteiger partial charge on any atom is -0.497 e. The minimum absolute atomic E-state index is 0.223. The van der Waals surface area contributed by atoms with Gasteiger partial charge < -0.3 is 14.2 Å². The number of carbonyl (C=O) groups is 1. The van der Waals surface area contributed by atoms with Gasteiger partial charge in [-0.25, -0.2) is 0 Å². The average Bonchev–Trinajstić information content (AvgIpc) is 2.88. The first-order valence-electron chi connectivity index (χ1n) is 11.9. The normalized spacial score (nSPS) is 11.8. The number of Topliss-reactive ketones (excluding diaryl/α,β-unsaturated/α-hetero) is 1. The molecule has 34 heavy (non-hydrogen) atoms. The molecular weight excluding hydrogens is 424 g/mol. The first-order chi connectivity index (χ1) is 16.4. The largest absolute Gasteiger partial charge is 0.497 e. The second-order valence-corrected chi connectivity index (χ2v) is 9.20. The summed E-state index contributed by atoms with van der Waals surface area (Å²) in [5.74, 6) is 1.77. The van der Waals surface area contributed by atoms with Crippen LogP contribution in [0.4, 0.5) is 0 Å². The number of ether oxygens (including phenoxy) is 3. The molecule has 0 spiro atoms. The molecular formula is C30H36O4. The van der Waals surface area contributed by atoms with E-state index in [1.54, 1.807) is 14.2 Å². The Kier molecular flexibility index (Phi) is 8.51. The second kappa shape index (κ2) is 11.3. The number of carbonyl (C=O) groups excluding carboxylic acids is 1. The van der Waals surface area contributed by atoms with Gasteiger partial charge in [-0.05, 0) is 47.4 Å². The molecule has 0 fully saturated rings. The molecule has 4 heteroatoms. The fourth-order valence-corrected chi connectivity index (χ4v) is 4.12. The molecule has 3 aromatic rings. The van der Waals surface area contributed by atoms with Gasteiger partial charge in [0.25, 0.3) is 0 Å². The quantitative estimate of drug-likeness (QED) is 0.279. The highest BCUT2D eigenvalue weighted by Crippen LogP contribution is 2.43. The van der Waals surface area contributed by atoms with Crippen LogP contribution in [0.25, 0.3) is 0 Å². The Balaban J connectivity index is 2.15. The van der Waals surface area contributed by atoms with Crippen LogP contribution < -0.4 is 9.47 Å². The third kappa shape index (κ3) is 5.51. The molecule has 0 saturated heterocycles. The summed E-state index contributed by atoms with van der Waals surface area (Å²) in [4.78, 5) is 13.0. The number of rotatable bonds is 12. The van der Waals surface area contributed by atoms with Crippen molar-refractivity contribution in [3.63, 3.8) is 0 Å². The molecule has 0 heterocycles. The molecule has 0 saturated carbocycles. The number of benzene rings is 3. The van der Waals surface area contributed by atoms with Crippen LogP contribution in [-0.4, -0.2) is 26.6 Å². The lowest BCUT2D eigenvalue weighted by Crippen LogP contribution is -2.39. The molecule has 0 aliphatic carbocycles. The fourth-order valence-electron chi connectivity index (χ4n) is 4.12. The van der Waals surface area contributed by atoms with Crippen molar-refractivity contribution in [2.45, 2.75) is 45.6 Å². The van der Waals surface area contributed by atoms with Gasteiger partial charge in [-0.1, -0.05) is 81.8 Å². The lowest BCUT2D eigenvalue weighted by Gasteiger charge is -2.38. The summed E-state index contributed by atoms with van der Waals surface area (Å²) < 4.78 is 17.7. The number of hydrogen-bond acceptors (Lipinski definition) is 4. The van der Waals surface area contributed by atoms with Crippen molar-refractivity contribution in [2.75, 3.05) is 20.8 Å². The zero-order valence-corrected chi connectivity index (χ0v) is 21.0. The molecule has 180 valence electrons. The first-order valence-corrected chi connectivity index (χ1v) is 11.9. The predicted molar refractivity (Wildman–Crippen MR) is 137 cm³/mol. The minimum atomic E-state index is -0.915. The number of ketones is 1. The van der Waals surface area contributed by atoms with Crippen molar-refractivity contribution in [3.8, 4) is 11.5 Å². The summed E-state index contributed by atoms with van der Waals surface area (Å²) in [7, 11) is 3.31. The molecule has 0 N–H and O–H groups in total. The van der Waals surface area contributed by atoms with E-state index in [2.05, 4.69) is 19.1 Å². The van der Waals surface area contributed by atoms with Crippen molar-refractivity contribution in [3.05, 3.63) is 95.6 Å². The van der Waals surface area contributed by atoms with Crippen LogP contribution in [0.15, 0.2) is 78.9 Å². The number of methoxy groups -OCH3 is 2. The fraction of sp³-hybridized carbons (Fsp3) is 0.367. The van der Waals surface area contributed by atoms with E-state index in [-0.39, 0.29) is 12.4 Å². The standard InChI is InChI=1S/C30H36O4/c1-6-7-13-28(31)29(2,3)22-34-30(23-11-9-8-10-12-23,24-14-18-26(32-4)19-15-24)25-16-20-27(33-5)21-17-25/h8-12,14-21H,6-7,13,22H2,1-5H3. The molecule has 0 unspecified atom stereocenters. The third-order valence-corrected chi connectivity index (χ3v) is 6.34. The van der Waals surface area contributed by atoms with Crippen molar-refractivity contribution < 1.29 is 19.0 Å². The van der Waals surface area contributed by atoms with Gasteiger partial charge in [0.1, 0.15) is 22.9 Å². The van der Waals surface area contributed by atoms with E-state index in [0.717, 1.165) is 41.0 Å². The highest BCUT2D eigenvalue weighted by atomic mass is 16.5. The number of hydrogen-bond donors (Lipinski definition) is 0. The topological polar surface area (TPSA) is 44.8 Å². The van der Waals surface area contributed by atoms with Crippen molar-refractivity contribution in [1.82, 2.24) is 0 Å². The van der Waals surface area contributed by atoms with Gasteiger partial charge in [0.2, 0.25) is 0 Å². The Labute approximate surface area is 203 Å². The lowest BCUT2D eigenvalue weighted by atomic mass is 9.79. The summed E-state index contributed by atoms with van der Waals surface area (Å²) in [6.07, 6.45) is 2.45.